The number of nitriles is 2. The zero-order chi connectivity index (χ0) is 30.6. The zero-order valence-corrected chi connectivity index (χ0v) is 26.3. The third-order valence-corrected chi connectivity index (χ3v) is 9.27. The molecule has 1 aromatic carbocycles. The fourth-order valence-electron chi connectivity index (χ4n) is 4.45. The Morgan fingerprint density at radius 1 is 1.12 bits per heavy atom. The van der Waals surface area contributed by atoms with Crippen LogP contribution in [-0.2, 0) is 29.4 Å². The van der Waals surface area contributed by atoms with Crippen LogP contribution in [0.4, 0.5) is 5.82 Å². The van der Waals surface area contributed by atoms with Crippen LogP contribution in [0.2, 0.25) is 0 Å². The summed E-state index contributed by atoms with van der Waals surface area (Å²) in [6.45, 7) is 13.2. The van der Waals surface area contributed by atoms with Gasteiger partial charge in [-0.2, -0.15) is 10.5 Å². The fraction of sp³-hybridized carbons (Fsp3) is 0.517. The van der Waals surface area contributed by atoms with E-state index in [0.717, 1.165) is 11.8 Å². The van der Waals surface area contributed by atoms with Gasteiger partial charge in [-0.15, -0.1) is 0 Å². The second kappa shape index (κ2) is 12.9. The topological polar surface area (TPSA) is 152 Å². The van der Waals surface area contributed by atoms with E-state index in [1.54, 1.807) is 53.7 Å². The minimum absolute atomic E-state index is 0.244. The summed E-state index contributed by atoms with van der Waals surface area (Å²) in [5.41, 5.74) is 5.95. The van der Waals surface area contributed by atoms with Gasteiger partial charge in [0.1, 0.15) is 28.2 Å². The molecule has 0 spiro atoms. The molecule has 3 rings (SSSR count). The summed E-state index contributed by atoms with van der Waals surface area (Å²) >= 11 is 1.09. The SMILES string of the molecule is CCc1c(C#N)c(S[C@@H](C(N)=O)c2ccccc2)nc(N2CCC(OP(=O)(OC(C)(C)C)OC(C)(C)C)C2)c1C#N. The minimum Gasteiger partial charge on any atom is -0.368 e. The molecule has 0 radical (unpaired) electrons. The number of amides is 1. The minimum atomic E-state index is -3.96. The molecule has 1 unspecified atom stereocenters. The van der Waals surface area contributed by atoms with Crippen molar-refractivity contribution < 1.29 is 22.9 Å². The van der Waals surface area contributed by atoms with Crippen LogP contribution in [0.25, 0.3) is 0 Å². The van der Waals surface area contributed by atoms with Crippen molar-refractivity contribution in [3.63, 3.8) is 0 Å². The average Bonchev–Trinajstić information content (AvgIpc) is 3.31. The highest BCUT2D eigenvalue weighted by Crippen LogP contribution is 2.57. The molecule has 0 saturated carbocycles. The second-order valence-electron chi connectivity index (χ2n) is 11.7. The van der Waals surface area contributed by atoms with Crippen molar-refractivity contribution in [2.75, 3.05) is 18.0 Å². The third-order valence-electron chi connectivity index (χ3n) is 5.91. The van der Waals surface area contributed by atoms with Gasteiger partial charge in [0.2, 0.25) is 5.91 Å². The Kier molecular flexibility index (Phi) is 10.3. The molecule has 220 valence electrons. The van der Waals surface area contributed by atoms with Crippen LogP contribution in [0.3, 0.4) is 0 Å². The number of primary amides is 1. The lowest BCUT2D eigenvalue weighted by Gasteiger charge is -2.32. The summed E-state index contributed by atoms with van der Waals surface area (Å²) in [6, 6.07) is 13.4. The van der Waals surface area contributed by atoms with E-state index in [4.69, 9.17) is 24.3 Å². The predicted octanol–water partition coefficient (Wildman–Crippen LogP) is 6.04. The first kappa shape index (κ1) is 32.6. The molecule has 2 aromatic rings. The molecule has 1 aliphatic heterocycles. The summed E-state index contributed by atoms with van der Waals surface area (Å²) in [5.74, 6) is -0.199. The highest BCUT2D eigenvalue weighted by atomic mass is 32.2. The van der Waals surface area contributed by atoms with Crippen LogP contribution in [-0.4, -0.2) is 41.3 Å². The summed E-state index contributed by atoms with van der Waals surface area (Å²) in [4.78, 5) is 19.1. The van der Waals surface area contributed by atoms with Crippen molar-refractivity contribution in [3.05, 3.63) is 52.6 Å². The average molecular weight is 600 g/mol. The van der Waals surface area contributed by atoms with Crippen LogP contribution in [0.5, 0.6) is 0 Å². The third kappa shape index (κ3) is 8.54. The highest BCUT2D eigenvalue weighted by molar-refractivity contribution is 8.00. The van der Waals surface area contributed by atoms with Crippen molar-refractivity contribution in [1.29, 1.82) is 10.5 Å². The lowest BCUT2D eigenvalue weighted by Crippen LogP contribution is -2.29. The van der Waals surface area contributed by atoms with E-state index in [0.29, 0.717) is 41.4 Å². The summed E-state index contributed by atoms with van der Waals surface area (Å²) < 4.78 is 31.3. The number of anilines is 1. The molecular weight excluding hydrogens is 561 g/mol. The second-order valence-corrected chi connectivity index (χ2v) is 14.2. The Balaban J connectivity index is 1.99. The number of carbonyl (C=O) groups excluding carboxylic acids is 1. The number of carbonyl (C=O) groups is 1. The molecule has 1 aromatic heterocycles. The number of nitrogens with two attached hydrogens (primary N) is 1. The van der Waals surface area contributed by atoms with Gasteiger partial charge in [0.15, 0.2) is 0 Å². The molecule has 2 N–H and O–H groups in total. The van der Waals surface area contributed by atoms with E-state index in [1.807, 2.05) is 30.0 Å². The lowest BCUT2D eigenvalue weighted by molar-refractivity contribution is -0.117. The van der Waals surface area contributed by atoms with Crippen molar-refractivity contribution in [2.45, 2.75) is 88.9 Å². The summed E-state index contributed by atoms with van der Waals surface area (Å²) in [7, 11) is -3.96. The lowest BCUT2D eigenvalue weighted by atomic mass is 10.0. The van der Waals surface area contributed by atoms with Gasteiger partial charge in [-0.3, -0.25) is 18.4 Å². The molecule has 10 nitrogen and oxygen atoms in total. The first-order chi connectivity index (χ1) is 19.1. The fourth-order valence-corrected chi connectivity index (χ4v) is 7.51. The molecular formula is C29H38N5O5PS. The molecule has 41 heavy (non-hydrogen) atoms. The Bertz CT molecular complexity index is 1370. The Labute approximate surface area is 246 Å². The van der Waals surface area contributed by atoms with Crippen LogP contribution in [0.15, 0.2) is 35.4 Å². The number of nitrogens with zero attached hydrogens (tertiary/aromatic N) is 4. The Hall–Kier alpha value is -2.92. The number of phosphoric acid groups is 1. The van der Waals surface area contributed by atoms with Gasteiger partial charge in [-0.1, -0.05) is 49.0 Å². The monoisotopic (exact) mass is 599 g/mol. The molecule has 0 aliphatic carbocycles. The smallest absolute Gasteiger partial charge is 0.368 e. The maximum Gasteiger partial charge on any atom is 0.476 e. The molecule has 1 fully saturated rings. The van der Waals surface area contributed by atoms with Gasteiger partial charge in [0, 0.05) is 13.1 Å². The van der Waals surface area contributed by atoms with E-state index in [9.17, 15) is 19.9 Å². The van der Waals surface area contributed by atoms with Crippen LogP contribution in [0.1, 0.15) is 82.4 Å². The molecule has 1 aliphatic rings. The van der Waals surface area contributed by atoms with E-state index in [1.165, 1.54) is 0 Å². The highest BCUT2D eigenvalue weighted by Gasteiger charge is 2.41. The first-order valence-electron chi connectivity index (χ1n) is 13.4. The standard InChI is InChI=1S/C29H38N5O5PS/c1-8-21-22(16-30)26(33-27(23(21)17-31)41-24(25(32)35)19-12-10-9-11-13-19)34-15-14-20(18-34)37-40(36,38-28(2,3)4)39-29(5,6)7/h9-13,20,24H,8,14-15,18H2,1-7H3,(H2,32,35)/t20?,24-/m1/s1. The number of benzene rings is 1. The maximum atomic E-state index is 13.7. The largest absolute Gasteiger partial charge is 0.476 e. The summed E-state index contributed by atoms with van der Waals surface area (Å²) in [5, 5.41) is 19.7. The Morgan fingerprint density at radius 3 is 2.20 bits per heavy atom. The van der Waals surface area contributed by atoms with Gasteiger partial charge in [0.25, 0.3) is 0 Å². The van der Waals surface area contributed by atoms with Crippen molar-refractivity contribution in [1.82, 2.24) is 4.98 Å². The molecule has 2 atom stereocenters. The van der Waals surface area contributed by atoms with Crippen LogP contribution in [0, 0.1) is 22.7 Å². The number of thioether (sulfide) groups is 1. The number of phosphoric ester groups is 1. The Morgan fingerprint density at radius 2 is 1.71 bits per heavy atom. The number of aromatic nitrogens is 1. The molecule has 2 heterocycles. The molecule has 1 saturated heterocycles. The van der Waals surface area contributed by atoms with Gasteiger partial charge in [-0.05, 0) is 65.5 Å². The van der Waals surface area contributed by atoms with E-state index < -0.39 is 36.3 Å². The van der Waals surface area contributed by atoms with Gasteiger partial charge in [-0.25, -0.2) is 9.55 Å². The molecule has 1 amide bonds. The normalized spacial score (nSPS) is 16.7. The van der Waals surface area contributed by atoms with Crippen molar-refractivity contribution >= 4 is 31.3 Å². The quantitative estimate of drug-likeness (QED) is 0.253. The number of rotatable bonds is 10. The zero-order valence-electron chi connectivity index (χ0n) is 24.6. The number of hydrogen-bond donors (Lipinski definition) is 1. The van der Waals surface area contributed by atoms with Crippen molar-refractivity contribution in [3.8, 4) is 12.1 Å². The molecule has 0 bridgehead atoms. The first-order valence-corrected chi connectivity index (χ1v) is 15.8. The molecule has 12 heteroatoms. The summed E-state index contributed by atoms with van der Waals surface area (Å²) in [6.07, 6.45) is 0.358. The van der Waals surface area contributed by atoms with Gasteiger partial charge in [0.05, 0.1) is 28.4 Å². The van der Waals surface area contributed by atoms with E-state index in [2.05, 4.69) is 12.1 Å². The van der Waals surface area contributed by atoms with Gasteiger partial charge < -0.3 is 10.6 Å². The number of pyridine rings is 1. The maximum absolute atomic E-state index is 13.7. The van der Waals surface area contributed by atoms with E-state index >= 15 is 0 Å². The van der Waals surface area contributed by atoms with Crippen LogP contribution < -0.4 is 10.6 Å². The van der Waals surface area contributed by atoms with Crippen LogP contribution >= 0.6 is 19.6 Å². The van der Waals surface area contributed by atoms with Gasteiger partial charge >= 0.3 is 7.82 Å². The predicted molar refractivity (Wildman–Crippen MR) is 158 cm³/mol. The van der Waals surface area contributed by atoms with Crippen molar-refractivity contribution in [2.24, 2.45) is 5.73 Å². The number of hydrogen-bond acceptors (Lipinski definition) is 10. The van der Waals surface area contributed by atoms with E-state index in [-0.39, 0.29) is 17.7 Å².